The molecule has 8 heteroatoms. The summed E-state index contributed by atoms with van der Waals surface area (Å²) in [6.07, 6.45) is 1.42. The Morgan fingerprint density at radius 3 is 2.33 bits per heavy atom. The van der Waals surface area contributed by atoms with Crippen molar-refractivity contribution in [2.24, 2.45) is 0 Å². The zero-order valence-electron chi connectivity index (χ0n) is 13.0. The molecule has 0 spiro atoms. The summed E-state index contributed by atoms with van der Waals surface area (Å²) in [7, 11) is -1.14. The second kappa shape index (κ2) is 9.51. The Labute approximate surface area is 142 Å². The molecule has 0 bridgehead atoms. The van der Waals surface area contributed by atoms with Crippen molar-refractivity contribution in [1.82, 2.24) is 16.0 Å². The molecule has 1 atom stereocenters. The van der Waals surface area contributed by atoms with Gasteiger partial charge in [0, 0.05) is 30.3 Å². The van der Waals surface area contributed by atoms with Crippen LogP contribution in [-0.2, 0) is 10.8 Å². The van der Waals surface area contributed by atoms with Gasteiger partial charge in [-0.05, 0) is 24.3 Å². The van der Waals surface area contributed by atoms with Gasteiger partial charge in [0.05, 0.1) is 17.1 Å². The molecule has 1 aromatic heterocycles. The van der Waals surface area contributed by atoms with E-state index in [-0.39, 0.29) is 30.8 Å². The largest absolute Gasteiger partial charge is 0.459 e. The summed E-state index contributed by atoms with van der Waals surface area (Å²) in [6, 6.07) is 11.9. The number of carbonyl (C=O) groups is 2. The van der Waals surface area contributed by atoms with E-state index in [9.17, 15) is 13.8 Å². The van der Waals surface area contributed by atoms with Crippen molar-refractivity contribution in [3.63, 3.8) is 0 Å². The monoisotopic (exact) mass is 349 g/mol. The Morgan fingerprint density at radius 1 is 0.917 bits per heavy atom. The van der Waals surface area contributed by atoms with Crippen LogP contribution in [0.3, 0.4) is 0 Å². The van der Waals surface area contributed by atoms with Crippen LogP contribution in [0, 0.1) is 0 Å². The summed E-state index contributed by atoms with van der Waals surface area (Å²) >= 11 is 0. The van der Waals surface area contributed by atoms with Crippen molar-refractivity contribution in [2.45, 2.75) is 4.90 Å². The number of benzene rings is 1. The first-order valence-corrected chi connectivity index (χ1v) is 8.75. The Hall–Kier alpha value is -2.61. The fourth-order valence-electron chi connectivity index (χ4n) is 1.86. The fourth-order valence-corrected chi connectivity index (χ4v) is 2.84. The van der Waals surface area contributed by atoms with Crippen LogP contribution in [0.2, 0.25) is 0 Å². The van der Waals surface area contributed by atoms with Gasteiger partial charge in [0.25, 0.3) is 5.91 Å². The molecule has 2 rings (SSSR count). The normalized spacial score (nSPS) is 11.5. The van der Waals surface area contributed by atoms with Crippen LogP contribution in [-0.4, -0.2) is 41.5 Å². The molecular formula is C16H19N3O4S. The summed E-state index contributed by atoms with van der Waals surface area (Å²) in [5, 5.41) is 7.84. The minimum atomic E-state index is -1.14. The first-order chi connectivity index (χ1) is 11.7. The quantitative estimate of drug-likeness (QED) is 0.622. The Bertz CT molecular complexity index is 674. The Balaban J connectivity index is 1.55. The molecule has 0 saturated heterocycles. The number of carbonyl (C=O) groups excluding carboxylic acids is 2. The lowest BCUT2D eigenvalue weighted by molar-refractivity contribution is 0.0926. The van der Waals surface area contributed by atoms with Gasteiger partial charge in [0.2, 0.25) is 0 Å². The van der Waals surface area contributed by atoms with Crippen LogP contribution in [0.15, 0.2) is 58.0 Å². The van der Waals surface area contributed by atoms with Crippen molar-refractivity contribution in [3.8, 4) is 0 Å². The first-order valence-electron chi connectivity index (χ1n) is 7.43. The third-order valence-electron chi connectivity index (χ3n) is 3.02. The fraction of sp³-hybridized carbons (Fsp3) is 0.250. The molecule has 3 N–H and O–H groups in total. The summed E-state index contributed by atoms with van der Waals surface area (Å²) < 4.78 is 16.9. The molecule has 0 radical (unpaired) electrons. The average Bonchev–Trinajstić information content (AvgIpc) is 3.14. The van der Waals surface area contributed by atoms with Crippen LogP contribution in [0.4, 0.5) is 4.79 Å². The highest BCUT2D eigenvalue weighted by Crippen LogP contribution is 2.04. The van der Waals surface area contributed by atoms with Crippen LogP contribution in [0.5, 0.6) is 0 Å². The number of amides is 3. The van der Waals surface area contributed by atoms with Crippen molar-refractivity contribution >= 4 is 22.7 Å². The number of furan rings is 1. The van der Waals surface area contributed by atoms with Gasteiger partial charge in [-0.1, -0.05) is 18.2 Å². The second-order valence-electron chi connectivity index (χ2n) is 4.78. The maximum Gasteiger partial charge on any atom is 0.314 e. The third kappa shape index (κ3) is 5.88. The summed E-state index contributed by atoms with van der Waals surface area (Å²) in [4.78, 5) is 23.9. The van der Waals surface area contributed by atoms with E-state index in [0.717, 1.165) is 4.90 Å². The zero-order valence-corrected chi connectivity index (χ0v) is 13.8. The molecule has 0 saturated carbocycles. The molecule has 0 unspecified atom stereocenters. The maximum absolute atomic E-state index is 12.0. The van der Waals surface area contributed by atoms with E-state index >= 15 is 0 Å². The SMILES string of the molecule is O=C(NCCNC(=O)c1ccco1)NCC[S@@](=O)c1ccccc1. The summed E-state index contributed by atoms with van der Waals surface area (Å²) in [5.74, 6) is 0.232. The lowest BCUT2D eigenvalue weighted by Crippen LogP contribution is -2.41. The molecule has 24 heavy (non-hydrogen) atoms. The van der Waals surface area contributed by atoms with E-state index in [4.69, 9.17) is 4.42 Å². The van der Waals surface area contributed by atoms with Crippen molar-refractivity contribution < 1.29 is 18.2 Å². The number of hydrogen-bond donors (Lipinski definition) is 3. The van der Waals surface area contributed by atoms with Gasteiger partial charge in [-0.25, -0.2) is 4.79 Å². The van der Waals surface area contributed by atoms with Gasteiger partial charge in [0.15, 0.2) is 5.76 Å². The molecule has 2 aromatic rings. The maximum atomic E-state index is 12.0. The molecule has 128 valence electrons. The van der Waals surface area contributed by atoms with E-state index in [0.29, 0.717) is 12.3 Å². The molecule has 0 aliphatic rings. The average molecular weight is 349 g/mol. The molecule has 3 amide bonds. The predicted octanol–water partition coefficient (Wildman–Crippen LogP) is 1.12. The van der Waals surface area contributed by atoms with Crippen LogP contribution in [0.25, 0.3) is 0 Å². The van der Waals surface area contributed by atoms with Crippen LogP contribution in [0.1, 0.15) is 10.6 Å². The Kier molecular flexibility index (Phi) is 7.03. The van der Waals surface area contributed by atoms with E-state index < -0.39 is 10.8 Å². The standard InChI is InChI=1S/C16H19N3O4S/c20-15(14-7-4-11-23-14)17-8-9-18-16(21)19-10-12-24(22)13-5-2-1-3-6-13/h1-7,11H,8-10,12H2,(H,17,20)(H2,18,19,21)/t24-/m1/s1. The molecule has 0 aliphatic carbocycles. The number of urea groups is 1. The topological polar surface area (TPSA) is 100 Å². The minimum absolute atomic E-state index is 0.225. The highest BCUT2D eigenvalue weighted by atomic mass is 32.2. The van der Waals surface area contributed by atoms with Crippen LogP contribution >= 0.6 is 0 Å². The van der Waals surface area contributed by atoms with E-state index in [1.54, 1.807) is 24.3 Å². The van der Waals surface area contributed by atoms with Gasteiger partial charge in [-0.3, -0.25) is 9.00 Å². The first kappa shape index (κ1) is 17.7. The summed E-state index contributed by atoms with van der Waals surface area (Å²) in [6.45, 7) is 0.856. The number of hydrogen-bond acceptors (Lipinski definition) is 4. The van der Waals surface area contributed by atoms with E-state index in [1.165, 1.54) is 6.26 Å². The lowest BCUT2D eigenvalue weighted by atomic mass is 10.4. The van der Waals surface area contributed by atoms with Gasteiger partial charge in [-0.15, -0.1) is 0 Å². The molecule has 1 aromatic carbocycles. The van der Waals surface area contributed by atoms with Gasteiger partial charge in [-0.2, -0.15) is 0 Å². The van der Waals surface area contributed by atoms with Gasteiger partial charge >= 0.3 is 6.03 Å². The van der Waals surface area contributed by atoms with Crippen LogP contribution < -0.4 is 16.0 Å². The van der Waals surface area contributed by atoms with Gasteiger partial charge in [0.1, 0.15) is 0 Å². The highest BCUT2D eigenvalue weighted by molar-refractivity contribution is 7.85. The molecule has 1 heterocycles. The van der Waals surface area contributed by atoms with E-state index in [1.807, 2.05) is 18.2 Å². The zero-order chi connectivity index (χ0) is 17.2. The number of rotatable bonds is 8. The highest BCUT2D eigenvalue weighted by Gasteiger charge is 2.07. The summed E-state index contributed by atoms with van der Waals surface area (Å²) in [5.41, 5.74) is 0. The molecule has 0 aliphatic heterocycles. The molecular weight excluding hydrogens is 330 g/mol. The predicted molar refractivity (Wildman–Crippen MR) is 90.2 cm³/mol. The number of nitrogens with one attached hydrogen (secondary N) is 3. The Morgan fingerprint density at radius 2 is 1.62 bits per heavy atom. The lowest BCUT2D eigenvalue weighted by Gasteiger charge is -2.08. The smallest absolute Gasteiger partial charge is 0.314 e. The third-order valence-corrected chi connectivity index (χ3v) is 4.39. The van der Waals surface area contributed by atoms with E-state index in [2.05, 4.69) is 16.0 Å². The van der Waals surface area contributed by atoms with Crippen molar-refractivity contribution in [1.29, 1.82) is 0 Å². The van der Waals surface area contributed by atoms with Gasteiger partial charge < -0.3 is 20.4 Å². The second-order valence-corrected chi connectivity index (χ2v) is 6.35. The molecule has 7 nitrogen and oxygen atoms in total. The minimum Gasteiger partial charge on any atom is -0.459 e. The van der Waals surface area contributed by atoms with Crippen molar-refractivity contribution in [2.75, 3.05) is 25.4 Å². The molecule has 0 fully saturated rings. The van der Waals surface area contributed by atoms with Crippen molar-refractivity contribution in [3.05, 3.63) is 54.5 Å².